The van der Waals surface area contributed by atoms with Crippen LogP contribution in [0.15, 0.2) is 48.5 Å². The fourth-order valence-electron chi connectivity index (χ4n) is 3.24. The fraction of sp³-hybridized carbons (Fsp3) is 0.286. The number of nitrogens with one attached hydrogen (secondary N) is 2. The Morgan fingerprint density at radius 3 is 2.52 bits per heavy atom. The van der Waals surface area contributed by atoms with Gasteiger partial charge in [-0.3, -0.25) is 9.59 Å². The molecule has 2 unspecified atom stereocenters. The van der Waals surface area contributed by atoms with Crippen LogP contribution >= 0.6 is 12.6 Å². The fourth-order valence-corrected chi connectivity index (χ4v) is 3.79. The Morgan fingerprint density at radius 1 is 1.29 bits per heavy atom. The largest absolute Gasteiger partial charge is 0.417 e. The average Bonchev–Trinajstić information content (AvgIpc) is 2.91. The third-order valence-corrected chi connectivity index (χ3v) is 5.59. The van der Waals surface area contributed by atoms with Crippen LogP contribution in [-0.4, -0.2) is 28.9 Å². The number of alkyl halides is 3. The van der Waals surface area contributed by atoms with Gasteiger partial charge in [-0.05, 0) is 38.1 Å². The normalized spacial score (nSPS) is 22.2. The van der Waals surface area contributed by atoms with E-state index in [-0.39, 0.29) is 11.1 Å². The lowest BCUT2D eigenvalue weighted by Crippen LogP contribution is -2.54. The number of benzene rings is 2. The number of thiol groups is 1. The van der Waals surface area contributed by atoms with Gasteiger partial charge in [0, 0.05) is 11.1 Å². The quantitative estimate of drug-likeness (QED) is 0.626. The molecule has 0 bridgehead atoms. The van der Waals surface area contributed by atoms with Gasteiger partial charge in [0.1, 0.15) is 0 Å². The second-order valence-corrected chi connectivity index (χ2v) is 8.04. The van der Waals surface area contributed by atoms with Crippen molar-refractivity contribution in [2.45, 2.75) is 30.6 Å². The Hall–Kier alpha value is -3.03. The van der Waals surface area contributed by atoms with Crippen molar-refractivity contribution in [3.05, 3.63) is 70.8 Å². The zero-order valence-corrected chi connectivity index (χ0v) is 17.4. The first-order valence-corrected chi connectivity index (χ1v) is 9.51. The molecule has 0 radical (unpaired) electrons. The van der Waals surface area contributed by atoms with E-state index in [0.717, 1.165) is 11.0 Å². The Balaban J connectivity index is 2.05. The molecular weight excluding hydrogens is 429 g/mol. The summed E-state index contributed by atoms with van der Waals surface area (Å²) in [5, 5.41) is 14.0. The molecule has 2 N–H and O–H groups in total. The minimum Gasteiger partial charge on any atom is -0.339 e. The molecule has 1 aliphatic heterocycles. The third-order valence-electron chi connectivity index (χ3n) is 5.00. The maximum Gasteiger partial charge on any atom is 0.417 e. The van der Waals surface area contributed by atoms with Crippen LogP contribution in [-0.2, 0) is 16.0 Å². The van der Waals surface area contributed by atoms with E-state index in [1.165, 1.54) is 38.1 Å². The maximum absolute atomic E-state index is 13.5. The topological polar surface area (TPSA) is 85.2 Å². The second kappa shape index (κ2) is 7.90. The van der Waals surface area contributed by atoms with Gasteiger partial charge in [-0.25, -0.2) is 4.90 Å². The van der Waals surface area contributed by atoms with Crippen molar-refractivity contribution in [3.8, 4) is 6.07 Å². The van der Waals surface area contributed by atoms with Gasteiger partial charge in [0.25, 0.3) is 5.91 Å². The zero-order chi connectivity index (χ0) is 23.9. The summed E-state index contributed by atoms with van der Waals surface area (Å²) in [6.45, 7) is 1.37. The predicted molar refractivity (Wildman–Crippen MR) is 110 cm³/mol. The van der Waals surface area contributed by atoms with Crippen molar-refractivity contribution in [3.63, 3.8) is 0 Å². The lowest BCUT2D eigenvalue weighted by molar-refractivity contribution is -0.137. The molecule has 1 saturated heterocycles. The second-order valence-electron chi connectivity index (χ2n) is 7.39. The molecule has 2 atom stereocenters. The number of carbonyl (C=O) groups excluding carboxylic acids is 2. The SMILES string of the molecule is [2H]C(NC(=O)c1ccccc1)N1C(C)(C)C(=O)NC1(S)c1ccc(C#N)c(C(F)(F)F)c1. The molecule has 6 nitrogen and oxygen atoms in total. The van der Waals surface area contributed by atoms with Gasteiger partial charge in [-0.1, -0.05) is 24.3 Å². The summed E-state index contributed by atoms with van der Waals surface area (Å²) in [6.07, 6.45) is -4.82. The number of rotatable bonds is 4. The molecule has 162 valence electrons. The van der Waals surface area contributed by atoms with Crippen LogP contribution in [0, 0.1) is 11.3 Å². The average molecular weight is 449 g/mol. The van der Waals surface area contributed by atoms with Gasteiger partial charge in [-0.15, -0.1) is 12.6 Å². The molecule has 31 heavy (non-hydrogen) atoms. The zero-order valence-electron chi connectivity index (χ0n) is 17.5. The van der Waals surface area contributed by atoms with E-state index in [9.17, 15) is 22.8 Å². The van der Waals surface area contributed by atoms with Crippen LogP contribution in [0.2, 0.25) is 0 Å². The molecule has 0 saturated carbocycles. The molecule has 0 aliphatic carbocycles. The Labute approximate surface area is 183 Å². The molecule has 1 fully saturated rings. The van der Waals surface area contributed by atoms with Crippen molar-refractivity contribution in [2.24, 2.45) is 0 Å². The van der Waals surface area contributed by atoms with Crippen LogP contribution in [0.5, 0.6) is 0 Å². The number of hydrogen-bond donors (Lipinski definition) is 3. The van der Waals surface area contributed by atoms with Crippen molar-refractivity contribution in [1.82, 2.24) is 15.5 Å². The molecule has 3 rings (SSSR count). The van der Waals surface area contributed by atoms with Gasteiger partial charge in [0.2, 0.25) is 5.91 Å². The smallest absolute Gasteiger partial charge is 0.339 e. The van der Waals surface area contributed by atoms with E-state index in [0.29, 0.717) is 6.07 Å². The van der Waals surface area contributed by atoms with Crippen molar-refractivity contribution in [2.75, 3.05) is 6.64 Å². The molecule has 2 aromatic carbocycles. The van der Waals surface area contributed by atoms with Crippen LogP contribution < -0.4 is 10.6 Å². The van der Waals surface area contributed by atoms with Crippen molar-refractivity contribution >= 4 is 24.4 Å². The van der Waals surface area contributed by atoms with Crippen LogP contribution in [0.1, 0.15) is 42.3 Å². The highest BCUT2D eigenvalue weighted by molar-refractivity contribution is 7.81. The van der Waals surface area contributed by atoms with E-state index in [1.807, 2.05) is 0 Å². The Morgan fingerprint density at radius 2 is 1.94 bits per heavy atom. The molecule has 0 spiro atoms. The first-order chi connectivity index (χ1) is 14.8. The summed E-state index contributed by atoms with van der Waals surface area (Å²) in [7, 11) is 0. The summed E-state index contributed by atoms with van der Waals surface area (Å²) in [5.74, 6) is -1.20. The monoisotopic (exact) mass is 449 g/mol. The summed E-state index contributed by atoms with van der Waals surface area (Å²) in [4.78, 5) is 24.5. The molecule has 10 heteroatoms. The van der Waals surface area contributed by atoms with Gasteiger partial charge in [0.15, 0.2) is 4.99 Å². The first kappa shape index (κ1) is 21.2. The predicted octanol–water partition coefficient (Wildman–Crippen LogP) is 3.22. The van der Waals surface area contributed by atoms with Gasteiger partial charge in [-0.2, -0.15) is 18.4 Å². The molecule has 1 aliphatic rings. The summed E-state index contributed by atoms with van der Waals surface area (Å²) < 4.78 is 49.0. The van der Waals surface area contributed by atoms with Crippen molar-refractivity contribution < 1.29 is 24.1 Å². The van der Waals surface area contributed by atoms with E-state index >= 15 is 0 Å². The highest BCUT2D eigenvalue weighted by Gasteiger charge is 2.55. The Kier molecular flexibility index (Phi) is 5.41. The van der Waals surface area contributed by atoms with E-state index in [1.54, 1.807) is 18.2 Å². The van der Waals surface area contributed by atoms with Gasteiger partial charge < -0.3 is 10.6 Å². The van der Waals surface area contributed by atoms with Crippen LogP contribution in [0.4, 0.5) is 13.2 Å². The first-order valence-electron chi connectivity index (χ1n) is 9.64. The number of carbonyl (C=O) groups is 2. The number of halogens is 3. The molecule has 2 aromatic rings. The lowest BCUT2D eigenvalue weighted by Gasteiger charge is -2.39. The summed E-state index contributed by atoms with van der Waals surface area (Å²) in [6, 6.07) is 12.5. The maximum atomic E-state index is 13.5. The summed E-state index contributed by atoms with van der Waals surface area (Å²) in [5.41, 5.74) is -3.04. The molecule has 2 amide bonds. The lowest BCUT2D eigenvalue weighted by atomic mass is 10.0. The number of nitrogens with zero attached hydrogens (tertiary/aromatic N) is 2. The minimum atomic E-state index is -4.82. The van der Waals surface area contributed by atoms with E-state index in [4.69, 9.17) is 6.63 Å². The number of hydrogen-bond acceptors (Lipinski definition) is 5. The van der Waals surface area contributed by atoms with Gasteiger partial charge >= 0.3 is 6.18 Å². The van der Waals surface area contributed by atoms with Crippen LogP contribution in [0.25, 0.3) is 0 Å². The number of amides is 2. The Bertz CT molecular complexity index is 1100. The standard InChI is InChI=1S/C21H19F3N4O2S/c1-19(2)18(30)27-21(31,15-9-8-14(11-25)16(10-15)20(22,23)24)28(19)12-26-17(29)13-6-4-3-5-7-13/h3-10,31H,12H2,1-2H3,(H,26,29)(H,27,30)/i12D. The molecule has 0 aromatic heterocycles. The highest BCUT2D eigenvalue weighted by atomic mass is 32.1. The highest BCUT2D eigenvalue weighted by Crippen LogP contribution is 2.43. The van der Waals surface area contributed by atoms with E-state index in [2.05, 4.69) is 23.3 Å². The summed E-state index contributed by atoms with van der Waals surface area (Å²) >= 11 is 4.47. The van der Waals surface area contributed by atoms with Crippen LogP contribution in [0.3, 0.4) is 0 Å². The minimum absolute atomic E-state index is 0.114. The molecular formula is C21H19F3N4O2S. The number of nitriles is 1. The van der Waals surface area contributed by atoms with Gasteiger partial charge in [0.05, 0.1) is 30.8 Å². The van der Waals surface area contributed by atoms with Crippen molar-refractivity contribution in [1.29, 1.82) is 5.26 Å². The third kappa shape index (κ3) is 4.11. The molecule has 1 heterocycles. The van der Waals surface area contributed by atoms with E-state index < -0.39 is 46.3 Å².